The van der Waals surface area contributed by atoms with E-state index in [2.05, 4.69) is 4.31 Å². The molecule has 0 spiro atoms. The topological polar surface area (TPSA) is 213 Å². The Morgan fingerprint density at radius 2 is 1.66 bits per heavy atom. The number of benzene rings is 3. The van der Waals surface area contributed by atoms with Crippen molar-refractivity contribution < 1.29 is 51.9 Å². The second-order valence-corrected chi connectivity index (χ2v) is 13.0. The lowest BCUT2D eigenvalue weighted by atomic mass is 10.1. The number of aliphatic hydroxyl groups excluding tert-OH is 1. The molecule has 2 heterocycles. The molecule has 0 radical (unpaired) electrons. The summed E-state index contributed by atoms with van der Waals surface area (Å²) < 4.78 is 51.9. The minimum atomic E-state index is -5.27. The Morgan fingerprint density at radius 1 is 0.955 bits per heavy atom. The fourth-order valence-electron chi connectivity index (χ4n) is 4.60. The number of hydrogen-bond donors (Lipinski definition) is 4. The molecule has 6 unspecified atom stereocenters. The summed E-state index contributed by atoms with van der Waals surface area (Å²) in [4.78, 5) is 59.1. The van der Waals surface area contributed by atoms with Gasteiger partial charge in [0.25, 0.3) is 5.56 Å². The number of nitrogens with one attached hydrogen (secondary N) is 1. The van der Waals surface area contributed by atoms with E-state index in [-0.39, 0.29) is 5.75 Å². The fraction of sp³-hybridized carbons (Fsp3) is 0.222. The third-order valence-electron chi connectivity index (χ3n) is 6.49. The molecule has 0 bridgehead atoms. The molecule has 5 rings (SSSR count). The molecule has 0 aliphatic carbocycles. The highest BCUT2D eigenvalue weighted by Crippen LogP contribution is 2.61. The van der Waals surface area contributed by atoms with Crippen molar-refractivity contribution >= 4 is 32.3 Å². The van der Waals surface area contributed by atoms with Crippen LogP contribution in [0.15, 0.2) is 94.6 Å². The second-order valence-electron chi connectivity index (χ2n) is 9.60. The molecule has 17 heteroatoms. The number of aromatic amines is 1. The van der Waals surface area contributed by atoms with Crippen LogP contribution < -0.4 is 16.0 Å². The Bertz CT molecular complexity index is 1860. The summed E-state index contributed by atoms with van der Waals surface area (Å²) in [6.45, 7) is -0.920. The number of ether oxygens (including phenoxy) is 3. The lowest BCUT2D eigenvalue weighted by Crippen LogP contribution is -2.40. The van der Waals surface area contributed by atoms with Crippen molar-refractivity contribution in [2.45, 2.75) is 30.7 Å². The molecule has 1 saturated heterocycles. The molecule has 15 nitrogen and oxygen atoms in total. The van der Waals surface area contributed by atoms with Gasteiger partial charge in [0, 0.05) is 12.3 Å². The number of carbonyl (C=O) groups excluding carboxylic acids is 1. The van der Waals surface area contributed by atoms with E-state index >= 15 is 0 Å². The van der Waals surface area contributed by atoms with Crippen molar-refractivity contribution in [2.75, 3.05) is 6.61 Å². The summed E-state index contributed by atoms with van der Waals surface area (Å²) in [6.07, 6.45) is -7.39. The largest absolute Gasteiger partial charge is 0.514 e. The Morgan fingerprint density at radius 3 is 2.41 bits per heavy atom. The van der Waals surface area contributed by atoms with Crippen LogP contribution in [0.4, 0.5) is 4.79 Å². The van der Waals surface area contributed by atoms with E-state index in [1.165, 1.54) is 12.1 Å². The van der Waals surface area contributed by atoms with E-state index in [1.54, 1.807) is 60.7 Å². The zero-order chi connectivity index (χ0) is 31.5. The van der Waals surface area contributed by atoms with Gasteiger partial charge in [0.1, 0.15) is 18.0 Å². The van der Waals surface area contributed by atoms with Crippen molar-refractivity contribution in [3.05, 3.63) is 111 Å². The van der Waals surface area contributed by atoms with Crippen molar-refractivity contribution in [1.29, 1.82) is 0 Å². The minimum Gasteiger partial charge on any atom is -0.425 e. The van der Waals surface area contributed by atoms with Crippen molar-refractivity contribution in [3.63, 3.8) is 0 Å². The van der Waals surface area contributed by atoms with Crippen molar-refractivity contribution in [3.8, 4) is 5.75 Å². The van der Waals surface area contributed by atoms with Gasteiger partial charge in [0.15, 0.2) is 12.3 Å². The van der Waals surface area contributed by atoms with E-state index in [4.69, 9.17) is 18.7 Å². The molecule has 1 fully saturated rings. The van der Waals surface area contributed by atoms with Crippen molar-refractivity contribution in [2.24, 2.45) is 0 Å². The SMILES string of the molecule is O=C(Oc1ccccc1)OC1C(COP(=O)(O)OP(=O)(O)Cc2cccc3ccccc23)OC(n2ccc(=O)[nH]c2=O)C1O. The fourth-order valence-corrected chi connectivity index (χ4v) is 7.35. The first-order valence-corrected chi connectivity index (χ1v) is 16.2. The third-order valence-corrected chi connectivity index (χ3v) is 9.56. The van der Waals surface area contributed by atoms with Gasteiger partial charge in [-0.15, -0.1) is 0 Å². The first-order chi connectivity index (χ1) is 20.9. The zero-order valence-corrected chi connectivity index (χ0v) is 24.4. The predicted molar refractivity (Wildman–Crippen MR) is 153 cm³/mol. The van der Waals surface area contributed by atoms with Crippen LogP contribution in [0, 0.1) is 0 Å². The zero-order valence-electron chi connectivity index (χ0n) is 22.6. The number of phosphoric acid groups is 1. The van der Waals surface area contributed by atoms with Crippen molar-refractivity contribution in [1.82, 2.24) is 9.55 Å². The van der Waals surface area contributed by atoms with Gasteiger partial charge in [0.2, 0.25) is 0 Å². The Kier molecular flexibility index (Phi) is 9.30. The molecule has 1 aliphatic heterocycles. The molecule has 6 atom stereocenters. The van der Waals surface area contributed by atoms with Gasteiger partial charge < -0.3 is 29.1 Å². The Labute approximate surface area is 248 Å². The summed E-state index contributed by atoms with van der Waals surface area (Å²) in [7, 11) is -10.0. The number of rotatable bonds is 10. The molecule has 0 amide bonds. The Hall–Kier alpha value is -3.91. The molecule has 44 heavy (non-hydrogen) atoms. The van der Waals surface area contributed by atoms with Crippen LogP contribution in [-0.4, -0.2) is 55.5 Å². The van der Waals surface area contributed by atoms with Crippen LogP contribution in [0.3, 0.4) is 0 Å². The van der Waals surface area contributed by atoms with Gasteiger partial charge in [-0.05, 0) is 28.5 Å². The maximum Gasteiger partial charge on any atom is 0.514 e. The maximum absolute atomic E-state index is 12.9. The van der Waals surface area contributed by atoms with E-state index in [9.17, 15) is 38.4 Å². The lowest BCUT2D eigenvalue weighted by Gasteiger charge is -2.22. The van der Waals surface area contributed by atoms with Crippen LogP contribution in [0.1, 0.15) is 11.8 Å². The first kappa shape index (κ1) is 31.5. The lowest BCUT2D eigenvalue weighted by molar-refractivity contribution is -0.0555. The monoisotopic (exact) mass is 648 g/mol. The maximum atomic E-state index is 12.9. The smallest absolute Gasteiger partial charge is 0.425 e. The van der Waals surface area contributed by atoms with Crippen LogP contribution >= 0.6 is 15.4 Å². The summed E-state index contributed by atoms with van der Waals surface area (Å²) in [6, 6.07) is 20.8. The number of H-pyrrole nitrogens is 1. The Balaban J connectivity index is 1.31. The number of carbonyl (C=O) groups is 1. The summed E-state index contributed by atoms with van der Waals surface area (Å²) in [5.41, 5.74) is -1.32. The minimum absolute atomic E-state index is 0.102. The molecule has 0 saturated carbocycles. The molecule has 1 aromatic heterocycles. The summed E-state index contributed by atoms with van der Waals surface area (Å²) >= 11 is 0. The summed E-state index contributed by atoms with van der Waals surface area (Å²) in [5, 5.41) is 12.4. The highest BCUT2D eigenvalue weighted by Gasteiger charge is 2.49. The van der Waals surface area contributed by atoms with E-state index in [0.717, 1.165) is 22.2 Å². The van der Waals surface area contributed by atoms with Gasteiger partial charge in [0.05, 0.1) is 12.8 Å². The van der Waals surface area contributed by atoms with E-state index in [0.29, 0.717) is 10.9 Å². The molecule has 232 valence electrons. The first-order valence-electron chi connectivity index (χ1n) is 13.0. The molecule has 4 aromatic rings. The van der Waals surface area contributed by atoms with E-state index in [1.807, 2.05) is 4.98 Å². The number of aliphatic hydroxyl groups is 1. The van der Waals surface area contributed by atoms with Crippen LogP contribution in [-0.2, 0) is 33.6 Å². The quantitative estimate of drug-likeness (QED) is 0.111. The average Bonchev–Trinajstić information content (AvgIpc) is 3.26. The van der Waals surface area contributed by atoms with Gasteiger partial charge in [-0.25, -0.2) is 18.5 Å². The number of fused-ring (bicyclic) bond motifs is 1. The predicted octanol–water partition coefficient (Wildman–Crippen LogP) is 3.05. The third kappa shape index (κ3) is 7.59. The summed E-state index contributed by atoms with van der Waals surface area (Å²) in [5.74, 6) is 0.102. The van der Waals surface area contributed by atoms with Gasteiger partial charge in [-0.1, -0.05) is 60.7 Å². The average molecular weight is 648 g/mol. The molecular formula is C27H26N2O13P2. The number of hydrogen-bond acceptors (Lipinski definition) is 11. The highest BCUT2D eigenvalue weighted by molar-refractivity contribution is 7.63. The van der Waals surface area contributed by atoms with Gasteiger partial charge in [-0.3, -0.25) is 23.4 Å². The number of phosphoric ester groups is 1. The molecular weight excluding hydrogens is 622 g/mol. The van der Waals surface area contributed by atoms with Gasteiger partial charge in [-0.2, -0.15) is 0 Å². The number of para-hydroxylation sites is 1. The van der Waals surface area contributed by atoms with Crippen LogP contribution in [0.2, 0.25) is 0 Å². The second kappa shape index (κ2) is 13.0. The molecule has 4 N–H and O–H groups in total. The normalized spacial score (nSPS) is 22.6. The molecule has 1 aliphatic rings. The van der Waals surface area contributed by atoms with Gasteiger partial charge >= 0.3 is 27.3 Å². The molecule has 3 aromatic carbocycles. The van der Waals surface area contributed by atoms with Crippen LogP contribution in [0.25, 0.3) is 10.8 Å². The number of aromatic nitrogens is 2. The number of nitrogens with zero attached hydrogens (tertiary/aromatic N) is 1. The standard InChI is InChI=1S/C27H26N2O13P2/c30-22-13-14-29(26(32)28-22)25-23(31)24(41-27(33)39-19-10-2-1-3-11-19)21(40-25)15-38-44(36,37)42-43(34,35)16-18-9-6-8-17-7-4-5-12-20(17)18/h1-14,21,23-25,31H,15-16H2,(H,34,35)(H,36,37)(H,28,30,32). The highest BCUT2D eigenvalue weighted by atomic mass is 31.3. The van der Waals surface area contributed by atoms with Crippen LogP contribution in [0.5, 0.6) is 5.75 Å². The van der Waals surface area contributed by atoms with E-state index < -0.39 is 70.1 Å².